The molecule has 0 aromatic heterocycles. The maximum atomic E-state index is 2.44. The highest BCUT2D eigenvalue weighted by molar-refractivity contribution is 7.40. The van der Waals surface area contributed by atoms with E-state index in [2.05, 4.69) is 34.6 Å². The van der Waals surface area contributed by atoms with Crippen LogP contribution in [-0.4, -0.2) is 10.8 Å². The molecule has 0 aromatic rings. The molecule has 11 heavy (non-hydrogen) atoms. The molecule has 0 rings (SSSR count). The average Bonchev–Trinajstić information content (AvgIpc) is 1.87. The van der Waals surface area contributed by atoms with Crippen LogP contribution in [0.1, 0.15) is 53.9 Å². The summed E-state index contributed by atoms with van der Waals surface area (Å²) in [7, 11) is 1.14. The van der Waals surface area contributed by atoms with Crippen molar-refractivity contribution in [1.82, 2.24) is 0 Å². The van der Waals surface area contributed by atoms with Gasteiger partial charge in [-0.25, -0.2) is 0 Å². The van der Waals surface area contributed by atoms with Gasteiger partial charge in [-0.2, -0.15) is 0 Å². The van der Waals surface area contributed by atoms with Crippen molar-refractivity contribution in [3.05, 3.63) is 0 Å². The van der Waals surface area contributed by atoms with Gasteiger partial charge in [0.05, 0.1) is 0 Å². The Labute approximate surface area is 73.9 Å². The molecule has 0 aliphatic carbocycles. The molecule has 0 aliphatic rings. The molecule has 0 nitrogen and oxygen atoms in total. The smallest absolute Gasteiger partial charge is 0.0151 e. The highest BCUT2D eigenvalue weighted by Gasteiger charge is 2.21. The highest BCUT2D eigenvalue weighted by Crippen LogP contribution is 2.41. The van der Waals surface area contributed by atoms with Crippen LogP contribution in [0.15, 0.2) is 0 Å². The zero-order chi connectivity index (χ0) is 8.91. The van der Waals surface area contributed by atoms with Gasteiger partial charge in [-0.1, -0.05) is 41.0 Å². The molecule has 0 radical (unpaired) electrons. The van der Waals surface area contributed by atoms with Crippen molar-refractivity contribution in [2.24, 2.45) is 0 Å². The maximum Gasteiger partial charge on any atom is -0.0151 e. The van der Waals surface area contributed by atoms with E-state index in [4.69, 9.17) is 0 Å². The molecular formula is C10H23P. The molecule has 2 atom stereocenters. The standard InChI is InChI=1S/C10H23P/c1-6-8-10(5,7-2)11-9(3)4/h9,11H,6-8H2,1-5H3. The molecule has 0 fully saturated rings. The normalized spacial score (nSPS) is 18.0. The van der Waals surface area contributed by atoms with Crippen molar-refractivity contribution in [3.8, 4) is 0 Å². The van der Waals surface area contributed by atoms with Crippen LogP contribution in [0.5, 0.6) is 0 Å². The number of hydrogen-bond donors (Lipinski definition) is 0. The third-order valence-electron chi connectivity index (χ3n) is 2.22. The van der Waals surface area contributed by atoms with E-state index in [0.29, 0.717) is 5.16 Å². The van der Waals surface area contributed by atoms with Crippen LogP contribution in [0.3, 0.4) is 0 Å². The molecule has 0 aromatic carbocycles. The lowest BCUT2D eigenvalue weighted by molar-refractivity contribution is 0.551. The molecule has 0 heterocycles. The largest absolute Gasteiger partial charge is 0.113 e. The van der Waals surface area contributed by atoms with Crippen molar-refractivity contribution in [1.29, 1.82) is 0 Å². The van der Waals surface area contributed by atoms with Gasteiger partial charge in [0, 0.05) is 0 Å². The van der Waals surface area contributed by atoms with E-state index < -0.39 is 0 Å². The summed E-state index contributed by atoms with van der Waals surface area (Å²) in [6.45, 7) is 11.7. The fraction of sp³-hybridized carbons (Fsp3) is 1.00. The molecule has 0 saturated heterocycles. The van der Waals surface area contributed by atoms with Crippen LogP contribution in [0, 0.1) is 0 Å². The molecule has 0 bridgehead atoms. The second-order valence-electron chi connectivity index (χ2n) is 3.96. The van der Waals surface area contributed by atoms with Gasteiger partial charge >= 0.3 is 0 Å². The first-order valence-corrected chi connectivity index (χ1v) is 5.89. The third kappa shape index (κ3) is 4.80. The van der Waals surface area contributed by atoms with E-state index in [-0.39, 0.29) is 0 Å². The fourth-order valence-corrected chi connectivity index (χ4v) is 3.59. The van der Waals surface area contributed by atoms with Gasteiger partial charge < -0.3 is 0 Å². The predicted octanol–water partition coefficient (Wildman–Crippen LogP) is 4.04. The second kappa shape index (κ2) is 5.14. The monoisotopic (exact) mass is 174 g/mol. The summed E-state index contributed by atoms with van der Waals surface area (Å²) in [4.78, 5) is 0. The van der Waals surface area contributed by atoms with Crippen LogP contribution >= 0.6 is 8.58 Å². The number of hydrogen-bond acceptors (Lipinski definition) is 0. The summed E-state index contributed by atoms with van der Waals surface area (Å²) in [5.41, 5.74) is 0.881. The van der Waals surface area contributed by atoms with Gasteiger partial charge in [0.25, 0.3) is 0 Å². The van der Waals surface area contributed by atoms with Crippen molar-refractivity contribution in [3.63, 3.8) is 0 Å². The van der Waals surface area contributed by atoms with E-state index in [1.165, 1.54) is 19.3 Å². The van der Waals surface area contributed by atoms with Gasteiger partial charge in [-0.15, -0.1) is 8.58 Å². The minimum Gasteiger partial charge on any atom is -0.113 e. The van der Waals surface area contributed by atoms with E-state index in [1.807, 2.05) is 0 Å². The van der Waals surface area contributed by atoms with Crippen LogP contribution in [0.4, 0.5) is 0 Å². The molecule has 0 spiro atoms. The maximum absolute atomic E-state index is 2.44. The summed E-state index contributed by atoms with van der Waals surface area (Å²) >= 11 is 0. The first-order chi connectivity index (χ1) is 5.04. The van der Waals surface area contributed by atoms with Crippen molar-refractivity contribution < 1.29 is 0 Å². The minimum atomic E-state index is 0.642. The molecule has 0 aliphatic heterocycles. The molecule has 0 amide bonds. The topological polar surface area (TPSA) is 0 Å². The predicted molar refractivity (Wildman–Crippen MR) is 57.1 cm³/mol. The summed E-state index contributed by atoms with van der Waals surface area (Å²) in [6.07, 6.45) is 4.08. The summed E-state index contributed by atoms with van der Waals surface area (Å²) in [5.74, 6) is 0. The average molecular weight is 174 g/mol. The van der Waals surface area contributed by atoms with Gasteiger partial charge in [-0.3, -0.25) is 0 Å². The SMILES string of the molecule is CCCC(C)(CC)PC(C)C. The first kappa shape index (κ1) is 11.4. The van der Waals surface area contributed by atoms with E-state index in [1.54, 1.807) is 0 Å². The minimum absolute atomic E-state index is 0.642. The Morgan fingerprint density at radius 1 is 1.27 bits per heavy atom. The second-order valence-corrected chi connectivity index (χ2v) is 6.61. The van der Waals surface area contributed by atoms with Crippen LogP contribution < -0.4 is 0 Å². The zero-order valence-corrected chi connectivity index (χ0v) is 9.70. The molecular weight excluding hydrogens is 151 g/mol. The molecule has 0 N–H and O–H groups in total. The van der Waals surface area contributed by atoms with Gasteiger partial charge in [0.1, 0.15) is 0 Å². The Morgan fingerprint density at radius 3 is 2.09 bits per heavy atom. The van der Waals surface area contributed by atoms with Crippen molar-refractivity contribution in [2.45, 2.75) is 64.7 Å². The Kier molecular flexibility index (Phi) is 5.34. The molecule has 68 valence electrons. The van der Waals surface area contributed by atoms with Crippen LogP contribution in [0.25, 0.3) is 0 Å². The van der Waals surface area contributed by atoms with Gasteiger partial charge in [0.2, 0.25) is 0 Å². The first-order valence-electron chi connectivity index (χ1n) is 4.81. The zero-order valence-electron chi connectivity index (χ0n) is 8.70. The molecule has 0 saturated carbocycles. The van der Waals surface area contributed by atoms with E-state index in [0.717, 1.165) is 14.2 Å². The third-order valence-corrected chi connectivity index (χ3v) is 4.10. The Morgan fingerprint density at radius 2 is 1.82 bits per heavy atom. The highest BCUT2D eigenvalue weighted by atomic mass is 31.1. The van der Waals surface area contributed by atoms with Crippen molar-refractivity contribution in [2.75, 3.05) is 0 Å². The molecule has 2 unspecified atom stereocenters. The van der Waals surface area contributed by atoms with E-state index >= 15 is 0 Å². The lowest BCUT2D eigenvalue weighted by atomic mass is 10.0. The summed E-state index contributed by atoms with van der Waals surface area (Å²) in [6, 6.07) is 0. The number of rotatable bonds is 5. The van der Waals surface area contributed by atoms with Crippen LogP contribution in [0.2, 0.25) is 0 Å². The lowest BCUT2D eigenvalue weighted by Gasteiger charge is -2.29. The van der Waals surface area contributed by atoms with Gasteiger partial charge in [-0.05, 0) is 23.7 Å². The summed E-state index contributed by atoms with van der Waals surface area (Å²) < 4.78 is 0. The molecule has 1 heteroatoms. The van der Waals surface area contributed by atoms with Gasteiger partial charge in [0.15, 0.2) is 0 Å². The fourth-order valence-electron chi connectivity index (χ4n) is 1.60. The lowest BCUT2D eigenvalue weighted by Crippen LogP contribution is -2.18. The van der Waals surface area contributed by atoms with Crippen molar-refractivity contribution >= 4 is 8.58 Å². The Balaban J connectivity index is 3.87. The Bertz CT molecular complexity index is 99.0. The van der Waals surface area contributed by atoms with E-state index in [9.17, 15) is 0 Å². The summed E-state index contributed by atoms with van der Waals surface area (Å²) in [5, 5.41) is 0.642. The quantitative estimate of drug-likeness (QED) is 0.552. The Hall–Kier alpha value is 0.430. The van der Waals surface area contributed by atoms with Crippen LogP contribution in [-0.2, 0) is 0 Å².